The fraction of sp³-hybridized carbons (Fsp3) is 0.143. The first-order valence-electron chi connectivity index (χ1n) is 5.42. The van der Waals surface area contributed by atoms with Crippen LogP contribution in [-0.2, 0) is 0 Å². The zero-order valence-corrected chi connectivity index (χ0v) is 11.7. The molecule has 3 nitrogen and oxygen atoms in total. The van der Waals surface area contributed by atoms with E-state index in [-0.39, 0.29) is 0 Å². The maximum atomic E-state index is 9.02. The summed E-state index contributed by atoms with van der Waals surface area (Å²) in [5, 5.41) is 9.02. The SMILES string of the molecule is Cc1ccc(C#N)c(Oc2ccc(Br)cc2C)n1. The molecule has 0 saturated heterocycles. The molecule has 0 saturated carbocycles. The summed E-state index contributed by atoms with van der Waals surface area (Å²) in [6.45, 7) is 3.81. The van der Waals surface area contributed by atoms with E-state index in [9.17, 15) is 0 Å². The van der Waals surface area contributed by atoms with Gasteiger partial charge in [0.2, 0.25) is 5.88 Å². The zero-order chi connectivity index (χ0) is 13.1. The van der Waals surface area contributed by atoms with E-state index in [1.807, 2.05) is 32.0 Å². The van der Waals surface area contributed by atoms with Crippen LogP contribution in [0, 0.1) is 25.2 Å². The van der Waals surface area contributed by atoms with Crippen molar-refractivity contribution in [2.24, 2.45) is 0 Å². The number of pyridine rings is 1. The van der Waals surface area contributed by atoms with Crippen molar-refractivity contribution >= 4 is 15.9 Å². The first-order chi connectivity index (χ1) is 8.60. The minimum atomic E-state index is 0.350. The molecule has 1 aromatic heterocycles. The van der Waals surface area contributed by atoms with E-state index in [0.29, 0.717) is 17.2 Å². The highest BCUT2D eigenvalue weighted by Crippen LogP contribution is 2.28. The highest BCUT2D eigenvalue weighted by molar-refractivity contribution is 9.10. The van der Waals surface area contributed by atoms with Gasteiger partial charge in [0.05, 0.1) is 0 Å². The van der Waals surface area contributed by atoms with Gasteiger partial charge >= 0.3 is 0 Å². The van der Waals surface area contributed by atoms with Crippen molar-refractivity contribution in [3.05, 3.63) is 51.6 Å². The predicted octanol–water partition coefficient (Wildman–Crippen LogP) is 4.12. The molecular formula is C14H11BrN2O. The Balaban J connectivity index is 2.40. The van der Waals surface area contributed by atoms with E-state index in [4.69, 9.17) is 10.00 Å². The van der Waals surface area contributed by atoms with E-state index in [1.54, 1.807) is 12.1 Å². The Bertz CT molecular complexity index is 632. The fourth-order valence-corrected chi connectivity index (χ4v) is 2.00. The second-order valence-corrected chi connectivity index (χ2v) is 4.84. The van der Waals surface area contributed by atoms with E-state index in [1.165, 1.54) is 0 Å². The summed E-state index contributed by atoms with van der Waals surface area (Å²) < 4.78 is 6.70. The van der Waals surface area contributed by atoms with Gasteiger partial charge in [-0.3, -0.25) is 0 Å². The van der Waals surface area contributed by atoms with Crippen molar-refractivity contribution < 1.29 is 4.74 Å². The zero-order valence-electron chi connectivity index (χ0n) is 10.1. The molecule has 0 aliphatic heterocycles. The number of nitrogens with zero attached hydrogens (tertiary/aromatic N) is 2. The van der Waals surface area contributed by atoms with Crippen LogP contribution in [0.5, 0.6) is 11.6 Å². The van der Waals surface area contributed by atoms with Crippen molar-refractivity contribution in [1.29, 1.82) is 5.26 Å². The molecule has 0 bridgehead atoms. The van der Waals surface area contributed by atoms with Crippen molar-refractivity contribution in [3.8, 4) is 17.7 Å². The topological polar surface area (TPSA) is 45.9 Å². The predicted molar refractivity (Wildman–Crippen MR) is 72.6 cm³/mol. The smallest absolute Gasteiger partial charge is 0.237 e. The lowest BCUT2D eigenvalue weighted by Gasteiger charge is -2.09. The van der Waals surface area contributed by atoms with E-state index >= 15 is 0 Å². The molecule has 0 amide bonds. The minimum absolute atomic E-state index is 0.350. The summed E-state index contributed by atoms with van der Waals surface area (Å²) in [5.74, 6) is 1.05. The Morgan fingerprint density at radius 3 is 2.67 bits per heavy atom. The maximum absolute atomic E-state index is 9.02. The molecule has 0 aliphatic rings. The molecule has 4 heteroatoms. The standard InChI is InChI=1S/C14H11BrN2O/c1-9-7-12(15)5-6-13(9)18-14-11(8-16)4-3-10(2)17-14/h3-7H,1-2H3. The summed E-state index contributed by atoms with van der Waals surface area (Å²) in [7, 11) is 0. The molecule has 0 fully saturated rings. The van der Waals surface area contributed by atoms with Gasteiger partial charge in [-0.05, 0) is 49.7 Å². The van der Waals surface area contributed by atoms with E-state index in [2.05, 4.69) is 27.0 Å². The molecule has 0 unspecified atom stereocenters. The number of aryl methyl sites for hydroxylation is 2. The van der Waals surface area contributed by atoms with Crippen LogP contribution in [0.25, 0.3) is 0 Å². The molecular weight excluding hydrogens is 292 g/mol. The monoisotopic (exact) mass is 302 g/mol. The van der Waals surface area contributed by atoms with Gasteiger partial charge in [-0.15, -0.1) is 0 Å². The summed E-state index contributed by atoms with van der Waals surface area (Å²) in [4.78, 5) is 4.25. The van der Waals surface area contributed by atoms with Crippen LogP contribution in [-0.4, -0.2) is 4.98 Å². The van der Waals surface area contributed by atoms with Crippen LogP contribution in [0.3, 0.4) is 0 Å². The van der Waals surface area contributed by atoms with Crippen LogP contribution in [0.2, 0.25) is 0 Å². The number of ether oxygens (including phenoxy) is 1. The normalized spacial score (nSPS) is 9.89. The summed E-state index contributed by atoms with van der Waals surface area (Å²) in [6.07, 6.45) is 0. The van der Waals surface area contributed by atoms with E-state index in [0.717, 1.165) is 15.7 Å². The first kappa shape index (κ1) is 12.6. The second-order valence-electron chi connectivity index (χ2n) is 3.93. The van der Waals surface area contributed by atoms with Crippen LogP contribution < -0.4 is 4.74 Å². The second kappa shape index (κ2) is 5.19. The Morgan fingerprint density at radius 1 is 1.22 bits per heavy atom. The number of rotatable bonds is 2. The quantitative estimate of drug-likeness (QED) is 0.838. The molecule has 0 aliphatic carbocycles. The molecule has 2 aromatic rings. The van der Waals surface area contributed by atoms with Crippen LogP contribution >= 0.6 is 15.9 Å². The first-order valence-corrected chi connectivity index (χ1v) is 6.21. The molecule has 0 spiro atoms. The Hall–Kier alpha value is -1.86. The lowest BCUT2D eigenvalue weighted by atomic mass is 10.2. The molecule has 1 heterocycles. The molecule has 1 aromatic carbocycles. The highest BCUT2D eigenvalue weighted by Gasteiger charge is 2.08. The number of hydrogen-bond acceptors (Lipinski definition) is 3. The average Bonchev–Trinajstić information content (AvgIpc) is 2.33. The molecule has 18 heavy (non-hydrogen) atoms. The van der Waals surface area contributed by atoms with Crippen LogP contribution in [0.1, 0.15) is 16.8 Å². The van der Waals surface area contributed by atoms with Crippen molar-refractivity contribution in [2.75, 3.05) is 0 Å². The average molecular weight is 303 g/mol. The summed E-state index contributed by atoms with van der Waals surface area (Å²) in [6, 6.07) is 11.3. The van der Waals surface area contributed by atoms with Crippen molar-refractivity contribution in [2.45, 2.75) is 13.8 Å². The van der Waals surface area contributed by atoms with Gasteiger partial charge in [0.25, 0.3) is 0 Å². The van der Waals surface area contributed by atoms with E-state index < -0.39 is 0 Å². The molecule has 0 atom stereocenters. The van der Waals surface area contributed by atoms with Gasteiger partial charge in [0.15, 0.2) is 0 Å². The van der Waals surface area contributed by atoms with Gasteiger partial charge in [-0.25, -0.2) is 4.98 Å². The number of aromatic nitrogens is 1. The molecule has 90 valence electrons. The largest absolute Gasteiger partial charge is 0.437 e. The molecule has 0 radical (unpaired) electrons. The lowest BCUT2D eigenvalue weighted by molar-refractivity contribution is 0.456. The van der Waals surface area contributed by atoms with Gasteiger partial charge in [-0.2, -0.15) is 5.26 Å². The number of nitriles is 1. The Kier molecular flexibility index (Phi) is 3.63. The highest BCUT2D eigenvalue weighted by atomic mass is 79.9. The fourth-order valence-electron chi connectivity index (χ4n) is 1.53. The molecule has 2 rings (SSSR count). The number of halogens is 1. The Labute approximate surface area is 114 Å². The van der Waals surface area contributed by atoms with Gasteiger partial charge in [0.1, 0.15) is 17.4 Å². The maximum Gasteiger partial charge on any atom is 0.237 e. The van der Waals surface area contributed by atoms with Crippen LogP contribution in [0.4, 0.5) is 0 Å². The lowest BCUT2D eigenvalue weighted by Crippen LogP contribution is -1.95. The van der Waals surface area contributed by atoms with Crippen molar-refractivity contribution in [3.63, 3.8) is 0 Å². The van der Waals surface area contributed by atoms with Crippen LogP contribution in [0.15, 0.2) is 34.8 Å². The number of hydrogen-bond donors (Lipinski definition) is 0. The summed E-state index contributed by atoms with van der Waals surface area (Å²) in [5.41, 5.74) is 2.23. The van der Waals surface area contributed by atoms with Gasteiger partial charge in [0, 0.05) is 10.2 Å². The Morgan fingerprint density at radius 2 is 2.00 bits per heavy atom. The molecule has 0 N–H and O–H groups in total. The number of benzene rings is 1. The van der Waals surface area contributed by atoms with Gasteiger partial charge < -0.3 is 4.74 Å². The summed E-state index contributed by atoms with van der Waals surface area (Å²) >= 11 is 3.40. The third-order valence-electron chi connectivity index (χ3n) is 2.46. The third-order valence-corrected chi connectivity index (χ3v) is 2.96. The third kappa shape index (κ3) is 2.69. The minimum Gasteiger partial charge on any atom is -0.437 e. The van der Waals surface area contributed by atoms with Crippen molar-refractivity contribution in [1.82, 2.24) is 4.98 Å². The van der Waals surface area contributed by atoms with Gasteiger partial charge in [-0.1, -0.05) is 15.9 Å².